The maximum atomic E-state index is 12.8. The fourth-order valence-electron chi connectivity index (χ4n) is 4.48. The number of methoxy groups -OCH3 is 1. The zero-order valence-corrected chi connectivity index (χ0v) is 21.7. The molecule has 1 atom stereocenters. The number of quaternary nitrogens is 1. The highest BCUT2D eigenvalue weighted by Gasteiger charge is 2.35. The molecule has 1 rings (SSSR count). The second-order valence-electron chi connectivity index (χ2n) is 9.73. The first-order chi connectivity index (χ1) is 15.4. The quantitative estimate of drug-likeness (QED) is 0.127. The molecule has 0 aliphatic carbocycles. The summed E-state index contributed by atoms with van der Waals surface area (Å²) in [5.74, 6) is 0.798. The van der Waals surface area contributed by atoms with Gasteiger partial charge in [-0.05, 0) is 37.6 Å². The lowest BCUT2D eigenvalue weighted by Gasteiger charge is -2.36. The molecule has 4 nitrogen and oxygen atoms in total. The van der Waals surface area contributed by atoms with E-state index in [-0.39, 0.29) is 12.0 Å². The first kappa shape index (κ1) is 28.5. The Balaban J connectivity index is 2.38. The van der Waals surface area contributed by atoms with Crippen LogP contribution in [0.25, 0.3) is 0 Å². The Morgan fingerprint density at radius 1 is 0.812 bits per heavy atom. The van der Waals surface area contributed by atoms with Crippen LogP contribution in [0.5, 0.6) is 5.75 Å². The Morgan fingerprint density at radius 3 is 1.78 bits per heavy atom. The standard InChI is InChI=1S/C28H50NO3/c1-6-8-9-10-11-12-13-14-15-16-17-18-19-27(28(30)32-7-2)29(3,4)24-25-20-22-26(31-5)23-21-25/h20-23,27H,6-19,24H2,1-5H3/q+1. The van der Waals surface area contributed by atoms with Gasteiger partial charge in [0.2, 0.25) is 0 Å². The molecule has 184 valence electrons. The molecular weight excluding hydrogens is 398 g/mol. The summed E-state index contributed by atoms with van der Waals surface area (Å²) < 4.78 is 11.3. The summed E-state index contributed by atoms with van der Waals surface area (Å²) >= 11 is 0. The van der Waals surface area contributed by atoms with Crippen LogP contribution in [0.1, 0.15) is 103 Å². The van der Waals surface area contributed by atoms with Gasteiger partial charge in [0, 0.05) is 12.0 Å². The first-order valence-electron chi connectivity index (χ1n) is 13.1. The number of rotatable bonds is 19. The van der Waals surface area contributed by atoms with E-state index in [1.807, 2.05) is 19.1 Å². The van der Waals surface area contributed by atoms with Gasteiger partial charge in [0.15, 0.2) is 6.04 Å². The van der Waals surface area contributed by atoms with E-state index in [4.69, 9.17) is 9.47 Å². The van der Waals surface area contributed by atoms with E-state index in [1.54, 1.807) is 7.11 Å². The maximum Gasteiger partial charge on any atom is 0.364 e. The molecule has 0 aliphatic heterocycles. The molecule has 0 saturated heterocycles. The van der Waals surface area contributed by atoms with Crippen molar-refractivity contribution in [1.82, 2.24) is 0 Å². The molecule has 1 aromatic rings. The van der Waals surface area contributed by atoms with Crippen molar-refractivity contribution in [2.45, 2.75) is 110 Å². The van der Waals surface area contributed by atoms with Gasteiger partial charge in [-0.2, -0.15) is 0 Å². The Hall–Kier alpha value is -1.55. The fraction of sp³-hybridized carbons (Fsp3) is 0.750. The fourth-order valence-corrected chi connectivity index (χ4v) is 4.48. The van der Waals surface area contributed by atoms with E-state index >= 15 is 0 Å². The van der Waals surface area contributed by atoms with Crippen molar-refractivity contribution in [1.29, 1.82) is 0 Å². The molecule has 0 heterocycles. The summed E-state index contributed by atoms with van der Waals surface area (Å²) in [6, 6.07) is 8.02. The van der Waals surface area contributed by atoms with Gasteiger partial charge in [-0.1, -0.05) is 77.6 Å². The second kappa shape index (κ2) is 17.0. The molecule has 1 aromatic carbocycles. The summed E-state index contributed by atoms with van der Waals surface area (Å²) in [6.07, 6.45) is 16.8. The van der Waals surface area contributed by atoms with Gasteiger partial charge in [0.25, 0.3) is 0 Å². The van der Waals surface area contributed by atoms with Crippen LogP contribution in [0.15, 0.2) is 24.3 Å². The van der Waals surface area contributed by atoms with Crippen molar-refractivity contribution in [3.63, 3.8) is 0 Å². The largest absolute Gasteiger partial charge is 0.497 e. The summed E-state index contributed by atoms with van der Waals surface area (Å²) in [7, 11) is 5.97. The molecule has 0 aromatic heterocycles. The molecule has 0 spiro atoms. The highest BCUT2D eigenvalue weighted by molar-refractivity contribution is 5.74. The van der Waals surface area contributed by atoms with E-state index < -0.39 is 0 Å². The van der Waals surface area contributed by atoms with Crippen LogP contribution in [0.4, 0.5) is 0 Å². The minimum Gasteiger partial charge on any atom is -0.497 e. The van der Waals surface area contributed by atoms with E-state index in [2.05, 4.69) is 33.2 Å². The van der Waals surface area contributed by atoms with E-state index in [1.165, 1.54) is 76.2 Å². The Kier molecular flexibility index (Phi) is 15.1. The molecule has 0 radical (unpaired) electrons. The van der Waals surface area contributed by atoms with Crippen molar-refractivity contribution < 1.29 is 18.8 Å². The molecule has 0 bridgehead atoms. The van der Waals surface area contributed by atoms with Crippen LogP contribution in [-0.4, -0.2) is 44.3 Å². The van der Waals surface area contributed by atoms with Crippen LogP contribution in [0.2, 0.25) is 0 Å². The number of hydrogen-bond donors (Lipinski definition) is 0. The van der Waals surface area contributed by atoms with Gasteiger partial charge < -0.3 is 14.0 Å². The topological polar surface area (TPSA) is 35.5 Å². The Morgan fingerprint density at radius 2 is 1.31 bits per heavy atom. The lowest BCUT2D eigenvalue weighted by molar-refractivity contribution is -0.920. The van der Waals surface area contributed by atoms with Crippen molar-refractivity contribution in [2.75, 3.05) is 27.8 Å². The monoisotopic (exact) mass is 448 g/mol. The van der Waals surface area contributed by atoms with Gasteiger partial charge >= 0.3 is 5.97 Å². The second-order valence-corrected chi connectivity index (χ2v) is 9.73. The summed E-state index contributed by atoms with van der Waals surface area (Å²) in [6.45, 7) is 5.40. The summed E-state index contributed by atoms with van der Waals surface area (Å²) in [5, 5.41) is 0. The highest BCUT2D eigenvalue weighted by atomic mass is 16.5. The van der Waals surface area contributed by atoms with E-state index in [0.29, 0.717) is 11.1 Å². The normalized spacial score (nSPS) is 12.5. The van der Waals surface area contributed by atoms with Gasteiger partial charge in [-0.15, -0.1) is 0 Å². The maximum absolute atomic E-state index is 12.8. The van der Waals surface area contributed by atoms with Crippen molar-refractivity contribution in [3.8, 4) is 5.75 Å². The number of carbonyl (C=O) groups is 1. The third-order valence-electron chi connectivity index (χ3n) is 6.48. The number of ether oxygens (including phenoxy) is 2. The van der Waals surface area contributed by atoms with Crippen molar-refractivity contribution in [3.05, 3.63) is 29.8 Å². The summed E-state index contributed by atoms with van der Waals surface area (Å²) in [4.78, 5) is 12.8. The van der Waals surface area contributed by atoms with Crippen LogP contribution in [0.3, 0.4) is 0 Å². The Labute approximate surface area is 198 Å². The number of hydrogen-bond acceptors (Lipinski definition) is 3. The van der Waals surface area contributed by atoms with Crippen molar-refractivity contribution in [2.24, 2.45) is 0 Å². The SMILES string of the molecule is CCCCCCCCCCCCCCC(C(=O)OCC)[N+](C)(C)Cc1ccc(OC)cc1. The lowest BCUT2D eigenvalue weighted by atomic mass is 10.0. The third-order valence-corrected chi connectivity index (χ3v) is 6.48. The first-order valence-corrected chi connectivity index (χ1v) is 13.1. The Bertz CT molecular complexity index is 597. The van der Waals surface area contributed by atoms with Crippen molar-refractivity contribution >= 4 is 5.97 Å². The molecular formula is C28H50NO3+. The molecule has 0 amide bonds. The van der Waals surface area contributed by atoms with Crippen LogP contribution < -0.4 is 4.74 Å². The van der Waals surface area contributed by atoms with Crippen LogP contribution in [0, 0.1) is 0 Å². The minimum absolute atomic E-state index is 0.0610. The van der Waals surface area contributed by atoms with E-state index in [9.17, 15) is 4.79 Å². The predicted molar refractivity (Wildman–Crippen MR) is 135 cm³/mol. The average Bonchev–Trinajstić information content (AvgIpc) is 2.77. The molecule has 4 heteroatoms. The zero-order valence-electron chi connectivity index (χ0n) is 21.7. The molecule has 1 unspecified atom stereocenters. The smallest absolute Gasteiger partial charge is 0.364 e. The molecule has 0 saturated carbocycles. The third kappa shape index (κ3) is 11.9. The molecule has 0 fully saturated rings. The van der Waals surface area contributed by atoms with Gasteiger partial charge in [0.1, 0.15) is 12.3 Å². The number of carbonyl (C=O) groups excluding carboxylic acids is 1. The number of likely N-dealkylation sites (N-methyl/N-ethyl adjacent to an activating group) is 1. The van der Waals surface area contributed by atoms with Gasteiger partial charge in [0.05, 0.1) is 27.8 Å². The summed E-state index contributed by atoms with van der Waals surface area (Å²) in [5.41, 5.74) is 1.21. The number of nitrogens with zero attached hydrogens (tertiary/aromatic N) is 1. The van der Waals surface area contributed by atoms with Crippen LogP contribution >= 0.6 is 0 Å². The molecule has 0 aliphatic rings. The van der Waals surface area contributed by atoms with Gasteiger partial charge in [-0.3, -0.25) is 0 Å². The lowest BCUT2D eigenvalue weighted by Crippen LogP contribution is -2.52. The average molecular weight is 449 g/mol. The predicted octanol–water partition coefficient (Wildman–Crippen LogP) is 7.29. The number of unbranched alkanes of at least 4 members (excludes halogenated alkanes) is 11. The highest BCUT2D eigenvalue weighted by Crippen LogP contribution is 2.22. The van der Waals surface area contributed by atoms with E-state index in [0.717, 1.165) is 25.1 Å². The van der Waals surface area contributed by atoms with Crippen LogP contribution in [-0.2, 0) is 16.1 Å². The molecule has 0 N–H and O–H groups in total. The minimum atomic E-state index is -0.125. The number of benzene rings is 1. The zero-order chi connectivity index (χ0) is 23.7. The van der Waals surface area contributed by atoms with Gasteiger partial charge in [-0.25, -0.2) is 4.79 Å². The molecule has 32 heavy (non-hydrogen) atoms. The number of esters is 1.